The van der Waals surface area contributed by atoms with E-state index in [1.165, 1.54) is 13.4 Å². The highest BCUT2D eigenvalue weighted by atomic mass is 35.5. The van der Waals surface area contributed by atoms with Crippen LogP contribution in [-0.2, 0) is 25.5 Å². The van der Waals surface area contributed by atoms with Crippen LogP contribution in [0.15, 0.2) is 59.6 Å². The van der Waals surface area contributed by atoms with Gasteiger partial charge in [-0.25, -0.2) is 0 Å². The summed E-state index contributed by atoms with van der Waals surface area (Å²) in [6.07, 6.45) is 0.528. The van der Waals surface area contributed by atoms with Crippen LogP contribution >= 0.6 is 11.6 Å². The van der Waals surface area contributed by atoms with Gasteiger partial charge in [-0.15, -0.1) is 0 Å². The highest BCUT2D eigenvalue weighted by molar-refractivity contribution is 6.31. The minimum Gasteiger partial charge on any atom is -0.484 e. The van der Waals surface area contributed by atoms with E-state index in [1.807, 2.05) is 44.2 Å². The smallest absolute Gasteiger partial charge is 0.310 e. The summed E-state index contributed by atoms with van der Waals surface area (Å²) < 4.78 is 11.0. The number of ether oxygens (including phenoxy) is 2. The highest BCUT2D eigenvalue weighted by Crippen LogP contribution is 2.35. The van der Waals surface area contributed by atoms with Crippen LogP contribution in [0.5, 0.6) is 0 Å². The number of aliphatic hydroxyl groups is 3. The van der Waals surface area contributed by atoms with E-state index in [2.05, 4.69) is 5.16 Å². The molecule has 0 amide bonds. The van der Waals surface area contributed by atoms with Crippen LogP contribution in [0.4, 0.5) is 0 Å². The minimum atomic E-state index is -1.14. The van der Waals surface area contributed by atoms with Crippen molar-refractivity contribution in [3.63, 3.8) is 0 Å². The van der Waals surface area contributed by atoms with Crippen LogP contribution in [0.2, 0.25) is 5.02 Å². The fraction of sp³-hybridized carbons (Fsp3) is 0.429. The highest BCUT2D eigenvalue weighted by Gasteiger charge is 2.36. The van der Waals surface area contributed by atoms with Gasteiger partial charge in [-0.05, 0) is 47.6 Å². The number of benzene rings is 2. The first-order valence-corrected chi connectivity index (χ1v) is 12.6. The molecule has 8 nitrogen and oxygen atoms in total. The minimum absolute atomic E-state index is 0.0516. The molecule has 0 radical (unpaired) electrons. The fourth-order valence-electron chi connectivity index (χ4n) is 3.92. The van der Waals surface area contributed by atoms with E-state index in [0.717, 1.165) is 35.9 Å². The molecular formula is C28H36ClNO7. The van der Waals surface area contributed by atoms with E-state index in [0.29, 0.717) is 35.6 Å². The molecule has 3 atom stereocenters. The molecule has 0 saturated carbocycles. The maximum atomic E-state index is 11.7. The van der Waals surface area contributed by atoms with Crippen molar-refractivity contribution in [1.29, 1.82) is 0 Å². The number of carbonyl (C=O) groups is 1. The first-order chi connectivity index (χ1) is 17.9. The average Bonchev–Trinajstić information content (AvgIpc) is 2.91. The summed E-state index contributed by atoms with van der Waals surface area (Å²) in [7, 11) is 2.53. The zero-order chi connectivity index (χ0) is 27.4. The lowest BCUT2D eigenvalue weighted by Crippen LogP contribution is -2.38. The second-order valence-corrected chi connectivity index (χ2v) is 8.83. The zero-order valence-electron chi connectivity index (χ0n) is 21.7. The molecule has 2 unspecified atom stereocenters. The Balaban J connectivity index is 0.00000235. The molecule has 0 spiro atoms. The van der Waals surface area contributed by atoms with Gasteiger partial charge >= 0.3 is 5.97 Å². The molecule has 0 aliphatic carbocycles. The van der Waals surface area contributed by atoms with Crippen molar-refractivity contribution in [2.24, 2.45) is 5.16 Å². The Morgan fingerprint density at radius 1 is 1.16 bits per heavy atom. The molecule has 202 valence electrons. The second kappa shape index (κ2) is 15.4. The standard InChI is InChI=1S/C27H32ClNO6.CH4O/c1-4-6-25(31)34-16-21-15-24(30)26(32)27(35-21)19-11-12-22(28)20(14-19)13-17-7-9-18(10-8-17)23(5-2)29-33-3;1-2/h7-12,14,16,24,26-27,30,32H,4-6,13,15H2,1-3H3;2H,1H3/b21-16+,29-23+;/t24?,26-,27?;/m1./s1. The Kier molecular flexibility index (Phi) is 12.6. The third kappa shape index (κ3) is 8.57. The van der Waals surface area contributed by atoms with E-state index < -0.39 is 18.3 Å². The van der Waals surface area contributed by atoms with Gasteiger partial charge in [0.2, 0.25) is 0 Å². The molecule has 2 aromatic rings. The summed E-state index contributed by atoms with van der Waals surface area (Å²) in [5.74, 6) is -0.0751. The maximum Gasteiger partial charge on any atom is 0.310 e. The van der Waals surface area contributed by atoms with Gasteiger partial charge in [-0.2, -0.15) is 0 Å². The van der Waals surface area contributed by atoms with Crippen molar-refractivity contribution >= 4 is 23.3 Å². The molecule has 0 aromatic heterocycles. The van der Waals surface area contributed by atoms with Gasteiger partial charge in [0, 0.05) is 25.0 Å². The quantitative estimate of drug-likeness (QED) is 0.185. The number of esters is 1. The number of hydrogen-bond acceptors (Lipinski definition) is 8. The predicted octanol–water partition coefficient (Wildman–Crippen LogP) is 4.67. The Bertz CT molecular complexity index is 1070. The predicted molar refractivity (Wildman–Crippen MR) is 142 cm³/mol. The lowest BCUT2D eigenvalue weighted by atomic mass is 9.93. The number of nitrogens with zero attached hydrogens (tertiary/aromatic N) is 1. The van der Waals surface area contributed by atoms with Crippen molar-refractivity contribution in [1.82, 2.24) is 0 Å². The molecule has 0 bridgehead atoms. The molecule has 37 heavy (non-hydrogen) atoms. The van der Waals surface area contributed by atoms with Gasteiger partial charge in [-0.3, -0.25) is 4.79 Å². The van der Waals surface area contributed by atoms with Crippen LogP contribution in [0.25, 0.3) is 0 Å². The number of rotatable bonds is 9. The monoisotopic (exact) mass is 533 g/mol. The second-order valence-electron chi connectivity index (χ2n) is 8.42. The van der Waals surface area contributed by atoms with Gasteiger partial charge in [0.05, 0.1) is 11.8 Å². The van der Waals surface area contributed by atoms with Crippen LogP contribution in [0.1, 0.15) is 67.9 Å². The maximum absolute atomic E-state index is 11.7. The topological polar surface area (TPSA) is 118 Å². The van der Waals surface area contributed by atoms with E-state index in [4.69, 9.17) is 31.0 Å². The Morgan fingerprint density at radius 3 is 2.49 bits per heavy atom. The van der Waals surface area contributed by atoms with Gasteiger partial charge in [0.1, 0.15) is 25.2 Å². The molecule has 3 N–H and O–H groups in total. The van der Waals surface area contributed by atoms with Crippen LogP contribution in [0, 0.1) is 0 Å². The van der Waals surface area contributed by atoms with Crippen molar-refractivity contribution in [2.45, 2.75) is 64.3 Å². The molecule has 1 heterocycles. The number of oxime groups is 1. The lowest BCUT2D eigenvalue weighted by Gasteiger charge is -2.34. The van der Waals surface area contributed by atoms with Crippen molar-refractivity contribution in [3.05, 3.63) is 81.8 Å². The van der Waals surface area contributed by atoms with Crippen LogP contribution in [0.3, 0.4) is 0 Å². The third-order valence-electron chi connectivity index (χ3n) is 5.79. The number of halogens is 1. The zero-order valence-corrected chi connectivity index (χ0v) is 22.4. The largest absolute Gasteiger partial charge is 0.484 e. The molecule has 3 rings (SSSR count). The number of aliphatic hydroxyl groups excluding tert-OH is 3. The van der Waals surface area contributed by atoms with Crippen molar-refractivity contribution < 1.29 is 34.4 Å². The van der Waals surface area contributed by atoms with Crippen LogP contribution in [-0.4, -0.2) is 53.4 Å². The van der Waals surface area contributed by atoms with Crippen molar-refractivity contribution in [3.8, 4) is 0 Å². The molecular weight excluding hydrogens is 498 g/mol. The van der Waals surface area contributed by atoms with E-state index in [1.54, 1.807) is 12.1 Å². The van der Waals surface area contributed by atoms with E-state index in [-0.39, 0.29) is 12.4 Å². The van der Waals surface area contributed by atoms with Gasteiger partial charge in [-0.1, -0.05) is 67.0 Å². The summed E-state index contributed by atoms with van der Waals surface area (Å²) >= 11 is 6.48. The summed E-state index contributed by atoms with van der Waals surface area (Å²) in [6.45, 7) is 3.90. The van der Waals surface area contributed by atoms with Crippen LogP contribution < -0.4 is 0 Å². The molecule has 1 aliphatic rings. The lowest BCUT2D eigenvalue weighted by molar-refractivity contribution is -0.139. The first-order valence-electron chi connectivity index (χ1n) is 12.2. The molecule has 1 fully saturated rings. The average molecular weight is 534 g/mol. The third-order valence-corrected chi connectivity index (χ3v) is 6.15. The van der Waals surface area contributed by atoms with Gasteiger partial charge in [0.15, 0.2) is 6.10 Å². The number of carbonyl (C=O) groups excluding carboxylic acids is 1. The normalized spacial score (nSPS) is 20.5. The molecule has 1 saturated heterocycles. The SMILES string of the molecule is CCCC(=O)O/C=C1\CC(O)[C@@H](O)C(c2ccc(Cl)c(Cc3ccc(/C(CC)=N/OC)cc3)c2)O1.CO. The number of hydrogen-bond donors (Lipinski definition) is 3. The van der Waals surface area contributed by atoms with E-state index >= 15 is 0 Å². The Hall–Kier alpha value is -2.91. The first kappa shape index (κ1) is 30.3. The van der Waals surface area contributed by atoms with Gasteiger partial charge < -0.3 is 29.6 Å². The molecule has 1 aliphatic heterocycles. The van der Waals surface area contributed by atoms with Crippen molar-refractivity contribution in [2.75, 3.05) is 14.2 Å². The fourth-order valence-corrected chi connectivity index (χ4v) is 4.10. The molecule has 9 heteroatoms. The summed E-state index contributed by atoms with van der Waals surface area (Å²) in [5, 5.41) is 32.6. The van der Waals surface area contributed by atoms with Gasteiger partial charge in [0.25, 0.3) is 0 Å². The Labute approximate surface area is 223 Å². The summed E-state index contributed by atoms with van der Waals surface area (Å²) in [6, 6.07) is 13.4. The summed E-state index contributed by atoms with van der Waals surface area (Å²) in [4.78, 5) is 16.6. The summed E-state index contributed by atoms with van der Waals surface area (Å²) in [5.41, 5.74) is 4.43. The Morgan fingerprint density at radius 2 is 1.86 bits per heavy atom. The van der Waals surface area contributed by atoms with E-state index in [9.17, 15) is 15.0 Å². The molecule has 2 aromatic carbocycles.